The molecule has 0 aliphatic heterocycles. The van der Waals surface area contributed by atoms with Crippen LogP contribution in [-0.2, 0) is 19.1 Å². The first-order valence-electron chi connectivity index (χ1n) is 6.98. The number of nitrogens with one attached hydrogen (secondary N) is 1. The average Bonchev–Trinajstić information content (AvgIpc) is 2.54. The number of rotatable bonds is 8. The van der Waals surface area contributed by atoms with E-state index in [4.69, 9.17) is 15.2 Å². The number of hydrogen-bond acceptors (Lipinski definition) is 5. The molecule has 3 N–H and O–H groups in total. The summed E-state index contributed by atoms with van der Waals surface area (Å²) >= 11 is 0. The summed E-state index contributed by atoms with van der Waals surface area (Å²) in [4.78, 5) is 37.0. The van der Waals surface area contributed by atoms with Gasteiger partial charge in [0.25, 0.3) is 5.91 Å². The van der Waals surface area contributed by atoms with Gasteiger partial charge in [0.2, 0.25) is 0 Å². The van der Waals surface area contributed by atoms with Crippen LogP contribution in [0.4, 0.5) is 5.69 Å². The molecule has 0 heterocycles. The number of nitrogens with two attached hydrogens (primary N) is 1. The maximum atomic E-state index is 12.2. The van der Waals surface area contributed by atoms with Gasteiger partial charge in [-0.2, -0.15) is 0 Å². The summed E-state index contributed by atoms with van der Waals surface area (Å²) in [6.45, 7) is 1.09. The molecule has 3 amide bonds. The van der Waals surface area contributed by atoms with E-state index in [-0.39, 0.29) is 24.3 Å². The van der Waals surface area contributed by atoms with Gasteiger partial charge in [0.05, 0.1) is 24.5 Å². The van der Waals surface area contributed by atoms with Crippen molar-refractivity contribution < 1.29 is 23.9 Å². The van der Waals surface area contributed by atoms with Crippen molar-refractivity contribution >= 4 is 23.4 Å². The zero-order valence-electron chi connectivity index (χ0n) is 13.2. The molecule has 23 heavy (non-hydrogen) atoms. The number of benzene rings is 1. The Balaban J connectivity index is 2.81. The average molecular weight is 323 g/mol. The third-order valence-electron chi connectivity index (χ3n) is 3.05. The predicted octanol–water partition coefficient (Wildman–Crippen LogP) is -0.155. The number of para-hydroxylation sites is 1. The molecule has 0 fully saturated rings. The van der Waals surface area contributed by atoms with Gasteiger partial charge in [-0.25, -0.2) is 0 Å². The number of primary amides is 1. The minimum Gasteiger partial charge on any atom is -0.383 e. The van der Waals surface area contributed by atoms with Crippen molar-refractivity contribution in [3.05, 3.63) is 29.8 Å². The molecular formula is C15H21N3O5. The molecule has 1 aromatic carbocycles. The second kappa shape index (κ2) is 9.54. The lowest BCUT2D eigenvalue weighted by molar-refractivity contribution is -0.144. The summed E-state index contributed by atoms with van der Waals surface area (Å²) in [5.74, 6) is -2.28. The Bertz CT molecular complexity index is 554. The fraction of sp³-hybridized carbons (Fsp3) is 0.400. The van der Waals surface area contributed by atoms with Gasteiger partial charge in [0.15, 0.2) is 0 Å². The Morgan fingerprint density at radius 1 is 1.09 bits per heavy atom. The molecule has 0 atom stereocenters. The summed E-state index contributed by atoms with van der Waals surface area (Å²) < 4.78 is 9.85. The van der Waals surface area contributed by atoms with Gasteiger partial charge in [0.1, 0.15) is 0 Å². The molecule has 0 aliphatic carbocycles. The fourth-order valence-electron chi connectivity index (χ4n) is 1.84. The van der Waals surface area contributed by atoms with Crippen molar-refractivity contribution in [2.75, 3.05) is 45.8 Å². The molecular weight excluding hydrogens is 302 g/mol. The number of anilines is 1. The largest absolute Gasteiger partial charge is 0.383 e. The van der Waals surface area contributed by atoms with Gasteiger partial charge in [-0.1, -0.05) is 12.1 Å². The van der Waals surface area contributed by atoms with E-state index >= 15 is 0 Å². The van der Waals surface area contributed by atoms with Gasteiger partial charge in [0, 0.05) is 27.3 Å². The third kappa shape index (κ3) is 5.68. The standard InChI is InChI=1S/C15H21N3O5/c1-22-9-7-18(8-10-23-2)15(21)14(20)17-12-6-4-3-5-11(12)13(16)19/h3-6H,7-10H2,1-2H3,(H2,16,19)(H,17,20). The number of hydrogen-bond donors (Lipinski definition) is 2. The number of carbonyl (C=O) groups is 3. The Morgan fingerprint density at radius 3 is 2.17 bits per heavy atom. The maximum Gasteiger partial charge on any atom is 0.313 e. The van der Waals surface area contributed by atoms with Crippen LogP contribution >= 0.6 is 0 Å². The Kier molecular flexibility index (Phi) is 7.72. The minimum absolute atomic E-state index is 0.133. The molecule has 0 unspecified atom stereocenters. The van der Waals surface area contributed by atoms with Crippen molar-refractivity contribution in [3.63, 3.8) is 0 Å². The van der Waals surface area contributed by atoms with Gasteiger partial charge in [-0.05, 0) is 12.1 Å². The van der Waals surface area contributed by atoms with Gasteiger partial charge < -0.3 is 25.4 Å². The number of nitrogens with zero attached hydrogens (tertiary/aromatic N) is 1. The van der Waals surface area contributed by atoms with Crippen LogP contribution in [0.5, 0.6) is 0 Å². The third-order valence-corrected chi connectivity index (χ3v) is 3.05. The van der Waals surface area contributed by atoms with Crippen LogP contribution in [0.25, 0.3) is 0 Å². The van der Waals surface area contributed by atoms with Crippen molar-refractivity contribution in [3.8, 4) is 0 Å². The Labute approximate surface area is 134 Å². The Hall–Kier alpha value is -2.45. The molecule has 0 aromatic heterocycles. The molecule has 0 radical (unpaired) electrons. The molecule has 8 nitrogen and oxygen atoms in total. The molecule has 8 heteroatoms. The van der Waals surface area contributed by atoms with Crippen LogP contribution in [0.3, 0.4) is 0 Å². The first-order chi connectivity index (χ1) is 11.0. The van der Waals surface area contributed by atoms with Crippen molar-refractivity contribution in [1.29, 1.82) is 0 Å². The van der Waals surface area contributed by atoms with Gasteiger partial charge >= 0.3 is 11.8 Å². The lowest BCUT2D eigenvalue weighted by Crippen LogP contribution is -2.43. The maximum absolute atomic E-state index is 12.2. The van der Waals surface area contributed by atoms with Crippen LogP contribution in [0.15, 0.2) is 24.3 Å². The normalized spacial score (nSPS) is 10.2. The van der Waals surface area contributed by atoms with E-state index in [1.54, 1.807) is 12.1 Å². The van der Waals surface area contributed by atoms with Crippen LogP contribution in [-0.4, -0.2) is 63.1 Å². The topological polar surface area (TPSA) is 111 Å². The minimum atomic E-state index is -0.856. The zero-order valence-corrected chi connectivity index (χ0v) is 13.2. The smallest absolute Gasteiger partial charge is 0.313 e. The van der Waals surface area contributed by atoms with E-state index in [2.05, 4.69) is 5.32 Å². The summed E-state index contributed by atoms with van der Waals surface area (Å²) in [5, 5.41) is 2.41. The van der Waals surface area contributed by atoms with Crippen molar-refractivity contribution in [2.45, 2.75) is 0 Å². The first-order valence-corrected chi connectivity index (χ1v) is 6.98. The fourth-order valence-corrected chi connectivity index (χ4v) is 1.84. The van der Waals surface area contributed by atoms with E-state index < -0.39 is 17.7 Å². The number of ether oxygens (including phenoxy) is 2. The molecule has 0 aliphatic rings. The summed E-state index contributed by atoms with van der Waals surface area (Å²) in [6.07, 6.45) is 0. The highest BCUT2D eigenvalue weighted by molar-refractivity contribution is 6.39. The first kappa shape index (κ1) is 18.6. The lowest BCUT2D eigenvalue weighted by atomic mass is 10.1. The SMILES string of the molecule is COCCN(CCOC)C(=O)C(=O)Nc1ccccc1C(N)=O. The van der Waals surface area contributed by atoms with E-state index in [9.17, 15) is 14.4 Å². The second-order valence-electron chi connectivity index (χ2n) is 4.64. The van der Waals surface area contributed by atoms with Gasteiger partial charge in [-0.15, -0.1) is 0 Å². The van der Waals surface area contributed by atoms with E-state index in [1.807, 2.05) is 0 Å². The predicted molar refractivity (Wildman–Crippen MR) is 83.9 cm³/mol. The zero-order chi connectivity index (χ0) is 17.2. The summed E-state index contributed by atoms with van der Waals surface area (Å²) in [7, 11) is 3.00. The molecule has 0 saturated carbocycles. The van der Waals surface area contributed by atoms with Crippen molar-refractivity contribution in [1.82, 2.24) is 4.90 Å². The monoisotopic (exact) mass is 323 g/mol. The molecule has 126 valence electrons. The van der Waals surface area contributed by atoms with Crippen LogP contribution < -0.4 is 11.1 Å². The Morgan fingerprint density at radius 2 is 1.65 bits per heavy atom. The van der Waals surface area contributed by atoms with Crippen molar-refractivity contribution in [2.24, 2.45) is 5.73 Å². The molecule has 0 spiro atoms. The summed E-state index contributed by atoms with van der Waals surface area (Å²) in [6, 6.07) is 6.21. The second-order valence-corrected chi connectivity index (χ2v) is 4.64. The number of methoxy groups -OCH3 is 2. The van der Waals surface area contributed by atoms with Crippen LogP contribution in [0.2, 0.25) is 0 Å². The highest BCUT2D eigenvalue weighted by Crippen LogP contribution is 2.14. The number of carbonyl (C=O) groups excluding carboxylic acids is 3. The molecule has 1 rings (SSSR count). The lowest BCUT2D eigenvalue weighted by Gasteiger charge is -2.21. The van der Waals surface area contributed by atoms with E-state index in [0.717, 1.165) is 0 Å². The van der Waals surface area contributed by atoms with Gasteiger partial charge in [-0.3, -0.25) is 14.4 Å². The summed E-state index contributed by atoms with van der Waals surface area (Å²) in [5.41, 5.74) is 5.56. The van der Waals surface area contributed by atoms with E-state index in [0.29, 0.717) is 13.2 Å². The van der Waals surface area contributed by atoms with Crippen LogP contribution in [0, 0.1) is 0 Å². The number of amides is 3. The molecule has 0 saturated heterocycles. The quantitative estimate of drug-likeness (QED) is 0.646. The molecule has 1 aromatic rings. The molecule has 0 bridgehead atoms. The highest BCUT2D eigenvalue weighted by atomic mass is 16.5. The van der Waals surface area contributed by atoms with E-state index in [1.165, 1.54) is 31.3 Å². The highest BCUT2D eigenvalue weighted by Gasteiger charge is 2.22. The van der Waals surface area contributed by atoms with Crippen LogP contribution in [0.1, 0.15) is 10.4 Å².